The van der Waals surface area contributed by atoms with Crippen LogP contribution in [0.25, 0.3) is 6.08 Å². The lowest BCUT2D eigenvalue weighted by Crippen LogP contribution is -2.04. The highest BCUT2D eigenvalue weighted by molar-refractivity contribution is 8.13. The Morgan fingerprint density at radius 1 is 1.39 bits per heavy atom. The molecule has 0 aliphatic heterocycles. The van der Waals surface area contributed by atoms with Gasteiger partial charge >= 0.3 is 5.97 Å². The normalized spacial score (nSPS) is 10.6. The monoisotopic (exact) mass is 264 g/mol. The number of thioether (sulfide) groups is 1. The second kappa shape index (κ2) is 7.71. The SMILES string of the molecule is COC(=O)Cc1cccc(C=CCSC(C)=O)c1. The molecule has 0 spiro atoms. The maximum atomic E-state index is 11.1. The van der Waals surface area contributed by atoms with Gasteiger partial charge in [-0.3, -0.25) is 9.59 Å². The number of methoxy groups -OCH3 is 1. The van der Waals surface area contributed by atoms with Crippen LogP contribution in [0.2, 0.25) is 0 Å². The van der Waals surface area contributed by atoms with Crippen LogP contribution in [0.15, 0.2) is 30.3 Å². The Balaban J connectivity index is 2.59. The molecule has 0 saturated heterocycles. The summed E-state index contributed by atoms with van der Waals surface area (Å²) in [7, 11) is 1.38. The summed E-state index contributed by atoms with van der Waals surface area (Å²) in [5, 5.41) is 0.110. The quantitative estimate of drug-likeness (QED) is 0.767. The zero-order chi connectivity index (χ0) is 13.4. The van der Waals surface area contributed by atoms with Crippen molar-refractivity contribution in [2.75, 3.05) is 12.9 Å². The van der Waals surface area contributed by atoms with Gasteiger partial charge in [0.05, 0.1) is 13.5 Å². The Bertz CT molecular complexity index is 452. The van der Waals surface area contributed by atoms with Crippen molar-refractivity contribution < 1.29 is 14.3 Å². The van der Waals surface area contributed by atoms with E-state index < -0.39 is 0 Å². The van der Waals surface area contributed by atoms with E-state index in [1.54, 1.807) is 6.92 Å². The van der Waals surface area contributed by atoms with Gasteiger partial charge in [0.25, 0.3) is 0 Å². The van der Waals surface area contributed by atoms with Crippen molar-refractivity contribution in [3.05, 3.63) is 41.5 Å². The average molecular weight is 264 g/mol. The molecule has 96 valence electrons. The Kier molecular flexibility index (Phi) is 6.22. The minimum absolute atomic E-state index is 0.110. The number of esters is 1. The fraction of sp³-hybridized carbons (Fsp3) is 0.286. The van der Waals surface area contributed by atoms with Crippen molar-refractivity contribution in [1.82, 2.24) is 0 Å². The van der Waals surface area contributed by atoms with Gasteiger partial charge in [-0.15, -0.1) is 0 Å². The van der Waals surface area contributed by atoms with E-state index in [-0.39, 0.29) is 17.5 Å². The van der Waals surface area contributed by atoms with Crippen molar-refractivity contribution in [1.29, 1.82) is 0 Å². The molecule has 4 heteroatoms. The largest absolute Gasteiger partial charge is 0.469 e. The summed E-state index contributed by atoms with van der Waals surface area (Å²) < 4.78 is 4.62. The molecule has 0 aromatic heterocycles. The van der Waals surface area contributed by atoms with Crippen LogP contribution in [0, 0.1) is 0 Å². The molecule has 0 bridgehead atoms. The maximum Gasteiger partial charge on any atom is 0.309 e. The van der Waals surface area contributed by atoms with E-state index in [2.05, 4.69) is 4.74 Å². The zero-order valence-electron chi connectivity index (χ0n) is 10.5. The highest BCUT2D eigenvalue weighted by Gasteiger charge is 2.02. The van der Waals surface area contributed by atoms with E-state index in [4.69, 9.17) is 0 Å². The third kappa shape index (κ3) is 5.68. The second-order valence-electron chi connectivity index (χ2n) is 3.70. The topological polar surface area (TPSA) is 43.4 Å². The summed E-state index contributed by atoms with van der Waals surface area (Å²) in [5.74, 6) is 0.416. The van der Waals surface area contributed by atoms with Crippen molar-refractivity contribution in [2.45, 2.75) is 13.3 Å². The van der Waals surface area contributed by atoms with Crippen LogP contribution in [0.3, 0.4) is 0 Å². The zero-order valence-corrected chi connectivity index (χ0v) is 11.3. The van der Waals surface area contributed by atoms with Gasteiger partial charge in [0.2, 0.25) is 0 Å². The lowest BCUT2D eigenvalue weighted by Gasteiger charge is -2.01. The van der Waals surface area contributed by atoms with Gasteiger partial charge in [0.15, 0.2) is 5.12 Å². The Morgan fingerprint density at radius 3 is 2.83 bits per heavy atom. The summed E-state index contributed by atoms with van der Waals surface area (Å²) in [6.45, 7) is 1.55. The molecule has 0 saturated carbocycles. The molecule has 0 radical (unpaired) electrons. The van der Waals surface area contributed by atoms with Gasteiger partial charge < -0.3 is 4.74 Å². The second-order valence-corrected chi connectivity index (χ2v) is 4.90. The molecule has 1 aromatic rings. The van der Waals surface area contributed by atoms with E-state index in [0.29, 0.717) is 5.75 Å². The summed E-state index contributed by atoms with van der Waals surface area (Å²) in [4.78, 5) is 21.9. The highest BCUT2D eigenvalue weighted by atomic mass is 32.2. The molecule has 0 N–H and O–H groups in total. The number of carbonyl (C=O) groups is 2. The standard InChI is InChI=1S/C14H16O3S/c1-11(15)18-8-4-7-12-5-3-6-13(9-12)10-14(16)17-2/h3-7,9H,8,10H2,1-2H3. The van der Waals surface area contributed by atoms with Gasteiger partial charge in [0.1, 0.15) is 0 Å². The number of ether oxygens (including phenoxy) is 1. The van der Waals surface area contributed by atoms with Crippen LogP contribution >= 0.6 is 11.8 Å². The van der Waals surface area contributed by atoms with Crippen LogP contribution in [0.4, 0.5) is 0 Å². The molecule has 0 unspecified atom stereocenters. The molecule has 3 nitrogen and oxygen atoms in total. The van der Waals surface area contributed by atoms with Gasteiger partial charge in [-0.25, -0.2) is 0 Å². The van der Waals surface area contributed by atoms with Crippen LogP contribution in [0.5, 0.6) is 0 Å². The maximum absolute atomic E-state index is 11.1. The fourth-order valence-electron chi connectivity index (χ4n) is 1.40. The first-order chi connectivity index (χ1) is 8.61. The van der Waals surface area contributed by atoms with E-state index in [1.165, 1.54) is 18.9 Å². The van der Waals surface area contributed by atoms with Crippen molar-refractivity contribution in [2.24, 2.45) is 0 Å². The lowest BCUT2D eigenvalue weighted by atomic mass is 10.1. The summed E-state index contributed by atoms with van der Waals surface area (Å²) >= 11 is 1.27. The van der Waals surface area contributed by atoms with Gasteiger partial charge in [-0.1, -0.05) is 48.2 Å². The Labute approximate surface area is 111 Å². The van der Waals surface area contributed by atoms with Gasteiger partial charge in [0, 0.05) is 12.7 Å². The predicted molar refractivity (Wildman–Crippen MR) is 74.3 cm³/mol. The summed E-state index contributed by atoms with van der Waals surface area (Å²) in [6.07, 6.45) is 4.15. The summed E-state index contributed by atoms with van der Waals surface area (Å²) in [5.41, 5.74) is 1.93. The molecule has 0 amide bonds. The first kappa shape index (κ1) is 14.5. The average Bonchev–Trinajstić information content (AvgIpc) is 2.35. The molecule has 18 heavy (non-hydrogen) atoms. The van der Waals surface area contributed by atoms with Crippen molar-refractivity contribution >= 4 is 28.9 Å². The number of benzene rings is 1. The third-order valence-electron chi connectivity index (χ3n) is 2.22. The van der Waals surface area contributed by atoms with Gasteiger partial charge in [-0.2, -0.15) is 0 Å². The fourth-order valence-corrected chi connectivity index (χ4v) is 1.82. The number of rotatable bonds is 5. The molecule has 0 aliphatic carbocycles. The van der Waals surface area contributed by atoms with E-state index >= 15 is 0 Å². The van der Waals surface area contributed by atoms with Gasteiger partial charge in [-0.05, 0) is 11.1 Å². The van der Waals surface area contributed by atoms with Crippen LogP contribution in [0.1, 0.15) is 18.1 Å². The number of hydrogen-bond donors (Lipinski definition) is 0. The van der Waals surface area contributed by atoms with E-state index in [0.717, 1.165) is 11.1 Å². The highest BCUT2D eigenvalue weighted by Crippen LogP contribution is 2.10. The van der Waals surface area contributed by atoms with Crippen LogP contribution < -0.4 is 0 Å². The summed E-state index contributed by atoms with van der Waals surface area (Å²) in [6, 6.07) is 7.68. The minimum atomic E-state index is -0.247. The number of hydrogen-bond acceptors (Lipinski definition) is 4. The molecule has 1 rings (SSSR count). The third-order valence-corrected chi connectivity index (χ3v) is 2.99. The molecule has 0 fully saturated rings. The van der Waals surface area contributed by atoms with Crippen LogP contribution in [-0.2, 0) is 20.7 Å². The lowest BCUT2D eigenvalue weighted by molar-refractivity contribution is -0.139. The predicted octanol–water partition coefficient (Wildman–Crippen LogP) is 2.70. The molecule has 0 heterocycles. The van der Waals surface area contributed by atoms with Crippen molar-refractivity contribution in [3.8, 4) is 0 Å². The van der Waals surface area contributed by atoms with E-state index in [9.17, 15) is 9.59 Å². The molecule has 0 atom stereocenters. The van der Waals surface area contributed by atoms with Crippen LogP contribution in [-0.4, -0.2) is 23.9 Å². The smallest absolute Gasteiger partial charge is 0.309 e. The minimum Gasteiger partial charge on any atom is -0.469 e. The number of carbonyl (C=O) groups excluding carboxylic acids is 2. The molecular formula is C14H16O3S. The molecule has 1 aromatic carbocycles. The molecule has 0 aliphatic rings. The Hall–Kier alpha value is -1.55. The first-order valence-electron chi connectivity index (χ1n) is 5.57. The first-order valence-corrected chi connectivity index (χ1v) is 6.56. The van der Waals surface area contributed by atoms with Crippen molar-refractivity contribution in [3.63, 3.8) is 0 Å². The Morgan fingerprint density at radius 2 is 2.17 bits per heavy atom. The van der Waals surface area contributed by atoms with E-state index in [1.807, 2.05) is 36.4 Å². The molecular weight excluding hydrogens is 248 g/mol.